The summed E-state index contributed by atoms with van der Waals surface area (Å²) in [4.78, 5) is 26.1. The molecule has 2 aliphatic heterocycles. The van der Waals surface area contributed by atoms with Gasteiger partial charge in [-0.05, 0) is 38.5 Å². The molecule has 106 valence electrons. The van der Waals surface area contributed by atoms with Crippen LogP contribution in [0.25, 0.3) is 0 Å². The van der Waals surface area contributed by atoms with E-state index in [-0.39, 0.29) is 22.7 Å². The molecule has 4 unspecified atom stereocenters. The van der Waals surface area contributed by atoms with E-state index in [0.29, 0.717) is 18.4 Å². The third-order valence-corrected chi connectivity index (χ3v) is 6.29. The van der Waals surface area contributed by atoms with Crippen LogP contribution in [0.1, 0.15) is 46.0 Å². The third kappa shape index (κ3) is 2.26. The first-order valence-electron chi connectivity index (χ1n) is 7.26. The van der Waals surface area contributed by atoms with Crippen LogP contribution in [0.15, 0.2) is 0 Å². The molecule has 0 radical (unpaired) electrons. The molecular weight excluding hydrogens is 260 g/mol. The molecule has 3 rings (SSSR count). The van der Waals surface area contributed by atoms with Crippen LogP contribution in [0.5, 0.6) is 0 Å². The number of carbonyl (C=O) groups is 2. The summed E-state index contributed by atoms with van der Waals surface area (Å²) in [6.45, 7) is 4.33. The predicted octanol–water partition coefficient (Wildman–Crippen LogP) is 1.75. The molecule has 3 aliphatic rings. The highest BCUT2D eigenvalue weighted by molar-refractivity contribution is 8.01. The lowest BCUT2D eigenvalue weighted by atomic mass is 10.1. The monoisotopic (exact) mass is 282 g/mol. The van der Waals surface area contributed by atoms with E-state index in [1.807, 2.05) is 4.90 Å². The van der Waals surface area contributed by atoms with E-state index in [4.69, 9.17) is 0 Å². The number of thioether (sulfide) groups is 1. The standard InChI is InChI=1S/C14H22N2O2S/c1-9-3-4-10(7-9)15-13(18)11-8-19-14(2)6-5-12(17)16(11)14/h9-11H,3-8H2,1-2H3,(H,15,18). The maximum atomic E-state index is 12.4. The fraction of sp³-hybridized carbons (Fsp3) is 0.857. The molecule has 0 aromatic rings. The molecule has 1 aliphatic carbocycles. The van der Waals surface area contributed by atoms with E-state index < -0.39 is 0 Å². The molecule has 0 aromatic carbocycles. The molecule has 2 saturated heterocycles. The van der Waals surface area contributed by atoms with Crippen molar-refractivity contribution in [2.24, 2.45) is 5.92 Å². The van der Waals surface area contributed by atoms with Crippen LogP contribution in [0.4, 0.5) is 0 Å². The van der Waals surface area contributed by atoms with Gasteiger partial charge in [0.15, 0.2) is 0 Å². The van der Waals surface area contributed by atoms with Crippen molar-refractivity contribution in [3.63, 3.8) is 0 Å². The number of fused-ring (bicyclic) bond motifs is 1. The van der Waals surface area contributed by atoms with Crippen LogP contribution in [0.2, 0.25) is 0 Å². The highest BCUT2D eigenvalue weighted by Crippen LogP contribution is 2.47. The Balaban J connectivity index is 1.66. The largest absolute Gasteiger partial charge is 0.352 e. The number of carbonyl (C=O) groups excluding carboxylic acids is 2. The molecule has 4 nitrogen and oxygen atoms in total. The predicted molar refractivity (Wildman–Crippen MR) is 75.7 cm³/mol. The minimum Gasteiger partial charge on any atom is -0.352 e. The van der Waals surface area contributed by atoms with E-state index in [0.717, 1.165) is 25.0 Å². The average Bonchev–Trinajstić information content (AvgIpc) is 2.97. The summed E-state index contributed by atoms with van der Waals surface area (Å²) in [6.07, 6.45) is 4.83. The van der Waals surface area contributed by atoms with E-state index in [1.54, 1.807) is 11.8 Å². The Morgan fingerprint density at radius 3 is 2.95 bits per heavy atom. The summed E-state index contributed by atoms with van der Waals surface area (Å²) in [5.41, 5.74) is 0. The van der Waals surface area contributed by atoms with Crippen molar-refractivity contribution in [1.82, 2.24) is 10.2 Å². The zero-order valence-electron chi connectivity index (χ0n) is 11.6. The highest BCUT2D eigenvalue weighted by atomic mass is 32.2. The number of hydrogen-bond donors (Lipinski definition) is 1. The van der Waals surface area contributed by atoms with Crippen molar-refractivity contribution in [2.75, 3.05) is 5.75 Å². The first-order valence-corrected chi connectivity index (χ1v) is 8.25. The van der Waals surface area contributed by atoms with Gasteiger partial charge in [-0.1, -0.05) is 6.92 Å². The smallest absolute Gasteiger partial charge is 0.243 e. The number of nitrogens with zero attached hydrogens (tertiary/aromatic N) is 1. The second kappa shape index (κ2) is 4.69. The molecule has 1 saturated carbocycles. The van der Waals surface area contributed by atoms with Crippen molar-refractivity contribution < 1.29 is 9.59 Å². The van der Waals surface area contributed by atoms with Gasteiger partial charge in [-0.2, -0.15) is 0 Å². The van der Waals surface area contributed by atoms with Crippen LogP contribution in [-0.2, 0) is 9.59 Å². The zero-order chi connectivity index (χ0) is 13.6. The number of rotatable bonds is 2. The molecule has 19 heavy (non-hydrogen) atoms. The minimum atomic E-state index is -0.249. The van der Waals surface area contributed by atoms with Crippen molar-refractivity contribution >= 4 is 23.6 Å². The van der Waals surface area contributed by atoms with Gasteiger partial charge in [-0.3, -0.25) is 9.59 Å². The van der Waals surface area contributed by atoms with Crippen molar-refractivity contribution in [3.05, 3.63) is 0 Å². The lowest BCUT2D eigenvalue weighted by Crippen LogP contribution is -2.51. The molecule has 2 amide bonds. The van der Waals surface area contributed by atoms with Gasteiger partial charge in [-0.25, -0.2) is 0 Å². The van der Waals surface area contributed by atoms with Crippen molar-refractivity contribution in [2.45, 2.75) is 62.9 Å². The Labute approximate surface area is 118 Å². The van der Waals surface area contributed by atoms with Gasteiger partial charge < -0.3 is 10.2 Å². The Hall–Kier alpha value is -0.710. The maximum Gasteiger partial charge on any atom is 0.243 e. The topological polar surface area (TPSA) is 49.4 Å². The van der Waals surface area contributed by atoms with Crippen LogP contribution < -0.4 is 5.32 Å². The van der Waals surface area contributed by atoms with Crippen molar-refractivity contribution in [3.8, 4) is 0 Å². The first kappa shape index (κ1) is 13.3. The first-order chi connectivity index (χ1) is 8.99. The molecule has 0 bridgehead atoms. The quantitative estimate of drug-likeness (QED) is 0.839. The van der Waals surface area contributed by atoms with Gasteiger partial charge >= 0.3 is 0 Å². The molecule has 5 heteroatoms. The second-order valence-corrected chi connectivity index (χ2v) is 7.89. The molecule has 2 heterocycles. The Kier molecular flexibility index (Phi) is 3.28. The molecule has 1 N–H and O–H groups in total. The van der Waals surface area contributed by atoms with Crippen LogP contribution in [-0.4, -0.2) is 39.4 Å². The number of amides is 2. The normalized spacial score (nSPS) is 41.7. The summed E-state index contributed by atoms with van der Waals surface area (Å²) >= 11 is 1.76. The molecular formula is C14H22N2O2S. The summed E-state index contributed by atoms with van der Waals surface area (Å²) < 4.78 is 0. The zero-order valence-corrected chi connectivity index (χ0v) is 12.5. The van der Waals surface area contributed by atoms with Crippen LogP contribution >= 0.6 is 11.8 Å². The van der Waals surface area contributed by atoms with Crippen LogP contribution in [0, 0.1) is 5.92 Å². The summed E-state index contributed by atoms with van der Waals surface area (Å²) in [5, 5.41) is 3.16. The van der Waals surface area contributed by atoms with E-state index in [9.17, 15) is 9.59 Å². The van der Waals surface area contributed by atoms with Gasteiger partial charge in [0.2, 0.25) is 11.8 Å². The summed E-state index contributed by atoms with van der Waals surface area (Å²) in [7, 11) is 0. The summed E-state index contributed by atoms with van der Waals surface area (Å²) in [5.74, 6) is 1.66. The number of nitrogens with one attached hydrogen (secondary N) is 1. The van der Waals surface area contributed by atoms with Gasteiger partial charge in [0.25, 0.3) is 0 Å². The SMILES string of the molecule is CC1CCC(NC(=O)C2CSC3(C)CCC(=O)N23)C1. The molecule has 3 fully saturated rings. The van der Waals surface area contributed by atoms with Crippen LogP contribution in [0.3, 0.4) is 0 Å². The van der Waals surface area contributed by atoms with Gasteiger partial charge in [-0.15, -0.1) is 11.8 Å². The minimum absolute atomic E-state index is 0.0607. The Bertz CT molecular complexity index is 414. The maximum absolute atomic E-state index is 12.4. The lowest BCUT2D eigenvalue weighted by molar-refractivity contribution is -0.138. The molecule has 0 aromatic heterocycles. The van der Waals surface area contributed by atoms with E-state index in [1.165, 1.54) is 6.42 Å². The van der Waals surface area contributed by atoms with Gasteiger partial charge in [0, 0.05) is 18.2 Å². The third-order valence-electron chi connectivity index (χ3n) is 4.79. The van der Waals surface area contributed by atoms with E-state index in [2.05, 4.69) is 19.2 Å². The van der Waals surface area contributed by atoms with Gasteiger partial charge in [0.1, 0.15) is 6.04 Å². The van der Waals surface area contributed by atoms with Crippen molar-refractivity contribution in [1.29, 1.82) is 0 Å². The fourth-order valence-corrected chi connectivity index (χ4v) is 5.08. The lowest BCUT2D eigenvalue weighted by Gasteiger charge is -2.30. The average molecular weight is 282 g/mol. The van der Waals surface area contributed by atoms with E-state index >= 15 is 0 Å². The highest BCUT2D eigenvalue weighted by Gasteiger charge is 2.53. The molecule has 4 atom stereocenters. The Morgan fingerprint density at radius 2 is 2.26 bits per heavy atom. The molecule has 0 spiro atoms. The van der Waals surface area contributed by atoms with Gasteiger partial charge in [0.05, 0.1) is 4.87 Å². The summed E-state index contributed by atoms with van der Waals surface area (Å²) in [6, 6.07) is 0.0676. The second-order valence-electron chi connectivity index (χ2n) is 6.39. The number of hydrogen-bond acceptors (Lipinski definition) is 3. The fourth-order valence-electron chi connectivity index (χ4n) is 3.65. The Morgan fingerprint density at radius 1 is 1.47 bits per heavy atom.